The number of ether oxygens (including phenoxy) is 2. The van der Waals surface area contributed by atoms with Gasteiger partial charge >= 0.3 is 0 Å². The van der Waals surface area contributed by atoms with Crippen LogP contribution in [0.2, 0.25) is 0 Å². The molecule has 2 aromatic rings. The summed E-state index contributed by atoms with van der Waals surface area (Å²) in [6.07, 6.45) is 2.06. The van der Waals surface area contributed by atoms with Gasteiger partial charge in [-0.05, 0) is 25.5 Å². The van der Waals surface area contributed by atoms with Gasteiger partial charge in [-0.25, -0.2) is 13.4 Å². The molecule has 0 atom stereocenters. The summed E-state index contributed by atoms with van der Waals surface area (Å²) in [6.45, 7) is 2.96. The molecular formula is C19H26N4O5S. The van der Waals surface area contributed by atoms with Crippen LogP contribution >= 0.6 is 0 Å². The normalized spacial score (nSPS) is 15.8. The number of benzene rings is 1. The third-order valence-corrected chi connectivity index (χ3v) is 6.69. The Labute approximate surface area is 170 Å². The number of carbonyl (C=O) groups is 1. The summed E-state index contributed by atoms with van der Waals surface area (Å²) in [5.74, 6) is 1.49. The molecule has 9 nitrogen and oxygen atoms in total. The van der Waals surface area contributed by atoms with Gasteiger partial charge in [-0.1, -0.05) is 12.1 Å². The van der Waals surface area contributed by atoms with E-state index in [4.69, 9.17) is 9.47 Å². The molecule has 158 valence electrons. The van der Waals surface area contributed by atoms with Crippen molar-refractivity contribution >= 4 is 15.9 Å². The largest absolute Gasteiger partial charge is 0.493 e. The summed E-state index contributed by atoms with van der Waals surface area (Å²) in [5.41, 5.74) is 0. The zero-order valence-corrected chi connectivity index (χ0v) is 17.7. The number of sulfonamides is 1. The molecule has 0 spiro atoms. The van der Waals surface area contributed by atoms with Crippen molar-refractivity contribution < 1.29 is 22.7 Å². The molecule has 1 saturated heterocycles. The van der Waals surface area contributed by atoms with E-state index in [1.165, 1.54) is 17.6 Å². The zero-order chi connectivity index (χ0) is 21.0. The number of imidazole rings is 1. The van der Waals surface area contributed by atoms with E-state index in [0.717, 1.165) is 0 Å². The van der Waals surface area contributed by atoms with Gasteiger partial charge in [0.05, 0.1) is 7.11 Å². The quantitative estimate of drug-likeness (QED) is 0.691. The van der Waals surface area contributed by atoms with Gasteiger partial charge in [0, 0.05) is 39.4 Å². The average molecular weight is 423 g/mol. The molecule has 0 N–H and O–H groups in total. The first-order valence-corrected chi connectivity index (χ1v) is 10.8. The van der Waals surface area contributed by atoms with Crippen molar-refractivity contribution in [3.05, 3.63) is 36.3 Å². The minimum absolute atomic E-state index is 0.0387. The molecule has 3 rings (SSSR count). The van der Waals surface area contributed by atoms with Crippen molar-refractivity contribution in [2.45, 2.75) is 18.4 Å². The summed E-state index contributed by atoms with van der Waals surface area (Å²) in [6, 6.07) is 7.11. The minimum Gasteiger partial charge on any atom is -0.493 e. The topological polar surface area (TPSA) is 94.0 Å². The number of rotatable bonds is 6. The Morgan fingerprint density at radius 3 is 2.52 bits per heavy atom. The molecule has 1 amide bonds. The first-order valence-electron chi connectivity index (χ1n) is 9.36. The monoisotopic (exact) mass is 422 g/mol. The Morgan fingerprint density at radius 1 is 1.14 bits per heavy atom. The summed E-state index contributed by atoms with van der Waals surface area (Å²) in [4.78, 5) is 18.4. The van der Waals surface area contributed by atoms with Crippen molar-refractivity contribution in [2.75, 3.05) is 39.9 Å². The van der Waals surface area contributed by atoms with E-state index in [1.807, 2.05) is 6.07 Å². The summed E-state index contributed by atoms with van der Waals surface area (Å²) in [7, 11) is -0.390. The van der Waals surface area contributed by atoms with E-state index in [0.29, 0.717) is 43.4 Å². The number of carbonyl (C=O) groups excluding carboxylic acids is 1. The van der Waals surface area contributed by atoms with Crippen LogP contribution in [0, 0.1) is 6.92 Å². The van der Waals surface area contributed by atoms with Crippen molar-refractivity contribution in [1.29, 1.82) is 0 Å². The Bertz CT molecular complexity index is 953. The maximum atomic E-state index is 12.9. The predicted octanol–water partition coefficient (Wildman–Crippen LogP) is 1.04. The lowest BCUT2D eigenvalue weighted by Gasteiger charge is -2.21. The first kappa shape index (κ1) is 21.1. The van der Waals surface area contributed by atoms with Crippen LogP contribution in [-0.2, 0) is 21.9 Å². The SMILES string of the molecule is COc1ccccc1OCC(=O)N1CCCN(S(=O)(=O)c2cn(C)c(C)n2)CC1. The molecule has 0 bridgehead atoms. The fraction of sp³-hybridized carbons (Fsp3) is 0.474. The highest BCUT2D eigenvalue weighted by molar-refractivity contribution is 7.89. The van der Waals surface area contributed by atoms with Crippen LogP contribution in [0.25, 0.3) is 0 Å². The number of aromatic nitrogens is 2. The number of para-hydroxylation sites is 2. The lowest BCUT2D eigenvalue weighted by molar-refractivity contribution is -0.133. The van der Waals surface area contributed by atoms with Crippen LogP contribution in [0.1, 0.15) is 12.2 Å². The molecule has 1 aromatic carbocycles. The highest BCUT2D eigenvalue weighted by atomic mass is 32.2. The Kier molecular flexibility index (Phi) is 6.43. The Morgan fingerprint density at radius 2 is 1.86 bits per heavy atom. The van der Waals surface area contributed by atoms with E-state index < -0.39 is 10.0 Å². The summed E-state index contributed by atoms with van der Waals surface area (Å²) in [5, 5.41) is 0.0387. The fourth-order valence-corrected chi connectivity index (χ4v) is 4.63. The second-order valence-corrected chi connectivity index (χ2v) is 8.70. The molecule has 0 unspecified atom stereocenters. The smallest absolute Gasteiger partial charge is 0.262 e. The van der Waals surface area contributed by atoms with Gasteiger partial charge in [0.2, 0.25) is 0 Å². The predicted molar refractivity (Wildman–Crippen MR) is 106 cm³/mol. The van der Waals surface area contributed by atoms with Gasteiger partial charge in [-0.3, -0.25) is 4.79 Å². The van der Waals surface area contributed by atoms with Crippen LogP contribution in [-0.4, -0.2) is 73.0 Å². The molecule has 2 heterocycles. The van der Waals surface area contributed by atoms with Crippen molar-refractivity contribution in [3.63, 3.8) is 0 Å². The molecule has 1 aliphatic rings. The van der Waals surface area contributed by atoms with Gasteiger partial charge in [-0.2, -0.15) is 4.31 Å². The third-order valence-electron chi connectivity index (χ3n) is 4.92. The minimum atomic E-state index is -3.68. The van der Waals surface area contributed by atoms with E-state index in [1.54, 1.807) is 41.6 Å². The van der Waals surface area contributed by atoms with E-state index >= 15 is 0 Å². The highest BCUT2D eigenvalue weighted by Crippen LogP contribution is 2.25. The highest BCUT2D eigenvalue weighted by Gasteiger charge is 2.30. The van der Waals surface area contributed by atoms with Gasteiger partial charge in [0.1, 0.15) is 5.82 Å². The van der Waals surface area contributed by atoms with Crippen LogP contribution in [0.4, 0.5) is 0 Å². The van der Waals surface area contributed by atoms with Gasteiger partial charge in [0.15, 0.2) is 23.1 Å². The Hall–Kier alpha value is -2.59. The van der Waals surface area contributed by atoms with Gasteiger partial charge in [0.25, 0.3) is 15.9 Å². The molecule has 0 radical (unpaired) electrons. The van der Waals surface area contributed by atoms with E-state index in [-0.39, 0.29) is 24.1 Å². The van der Waals surface area contributed by atoms with E-state index in [9.17, 15) is 13.2 Å². The number of methoxy groups -OCH3 is 1. The van der Waals surface area contributed by atoms with Crippen molar-refractivity contribution in [1.82, 2.24) is 18.8 Å². The maximum Gasteiger partial charge on any atom is 0.262 e. The number of hydrogen-bond acceptors (Lipinski definition) is 6. The van der Waals surface area contributed by atoms with E-state index in [2.05, 4.69) is 4.98 Å². The van der Waals surface area contributed by atoms with Gasteiger partial charge in [-0.15, -0.1) is 0 Å². The van der Waals surface area contributed by atoms with Crippen LogP contribution in [0.3, 0.4) is 0 Å². The molecule has 1 aliphatic heterocycles. The summed E-state index contributed by atoms with van der Waals surface area (Å²) >= 11 is 0. The number of nitrogens with zero attached hydrogens (tertiary/aromatic N) is 4. The fourth-order valence-electron chi connectivity index (χ4n) is 3.14. The van der Waals surface area contributed by atoms with Crippen LogP contribution in [0.15, 0.2) is 35.5 Å². The molecular weight excluding hydrogens is 396 g/mol. The second kappa shape index (κ2) is 8.83. The number of aryl methyl sites for hydroxylation is 2. The maximum absolute atomic E-state index is 12.9. The van der Waals surface area contributed by atoms with Crippen LogP contribution in [0.5, 0.6) is 11.5 Å². The lowest BCUT2D eigenvalue weighted by atomic mass is 10.3. The zero-order valence-electron chi connectivity index (χ0n) is 16.9. The van der Waals surface area contributed by atoms with Crippen LogP contribution < -0.4 is 9.47 Å². The molecule has 1 aromatic heterocycles. The number of hydrogen-bond donors (Lipinski definition) is 0. The Balaban J connectivity index is 1.61. The molecule has 0 saturated carbocycles. The number of amides is 1. The summed E-state index contributed by atoms with van der Waals surface area (Å²) < 4.78 is 39.6. The third kappa shape index (κ3) is 4.70. The average Bonchev–Trinajstić information content (AvgIpc) is 2.92. The molecule has 10 heteroatoms. The molecule has 1 fully saturated rings. The first-order chi connectivity index (χ1) is 13.8. The van der Waals surface area contributed by atoms with Gasteiger partial charge < -0.3 is 18.9 Å². The lowest BCUT2D eigenvalue weighted by Crippen LogP contribution is -2.39. The van der Waals surface area contributed by atoms with Crippen molar-refractivity contribution in [3.8, 4) is 11.5 Å². The molecule has 29 heavy (non-hydrogen) atoms. The second-order valence-electron chi connectivity index (χ2n) is 6.82. The van der Waals surface area contributed by atoms with Crippen molar-refractivity contribution in [2.24, 2.45) is 7.05 Å². The molecule has 0 aliphatic carbocycles. The standard InChI is InChI=1S/C19H26N4O5S/c1-15-20-18(13-21(15)2)29(25,26)23-10-6-9-22(11-12-23)19(24)14-28-17-8-5-4-7-16(17)27-3/h4-5,7-8,13H,6,9-12,14H2,1-3H3.